The smallest absolute Gasteiger partial charge is 0.139 e. The van der Waals surface area contributed by atoms with Crippen molar-refractivity contribution in [1.29, 1.82) is 0 Å². The maximum atomic E-state index is 12.9. The van der Waals surface area contributed by atoms with Gasteiger partial charge in [-0.15, -0.1) is 0 Å². The minimum Gasteiger partial charge on any atom is -0.299 e. The Balaban J connectivity index is 1.69. The van der Waals surface area contributed by atoms with E-state index in [2.05, 4.69) is 26.5 Å². The number of carbonyl (C=O) groups is 2. The van der Waals surface area contributed by atoms with Gasteiger partial charge in [0.1, 0.15) is 11.6 Å². The van der Waals surface area contributed by atoms with Gasteiger partial charge in [-0.25, -0.2) is 0 Å². The number of thiol groups is 1. The second-order valence-electron chi connectivity index (χ2n) is 8.95. The molecule has 4 fully saturated rings. The van der Waals surface area contributed by atoms with E-state index in [1.807, 2.05) is 0 Å². The Morgan fingerprint density at radius 2 is 1.82 bits per heavy atom. The van der Waals surface area contributed by atoms with Crippen LogP contribution in [0.3, 0.4) is 0 Å². The summed E-state index contributed by atoms with van der Waals surface area (Å²) in [5.74, 6) is 2.76. The predicted octanol–water partition coefficient (Wildman–Crippen LogP) is 4.08. The van der Waals surface area contributed by atoms with E-state index in [1.165, 1.54) is 0 Å². The first-order chi connectivity index (χ1) is 10.4. The number of ketones is 2. The normalized spacial score (nSPS) is 54.6. The predicted molar refractivity (Wildman–Crippen MR) is 89.9 cm³/mol. The molecule has 0 bridgehead atoms. The van der Waals surface area contributed by atoms with Gasteiger partial charge in [-0.1, -0.05) is 13.8 Å². The largest absolute Gasteiger partial charge is 0.299 e. The van der Waals surface area contributed by atoms with Crippen molar-refractivity contribution in [2.45, 2.75) is 70.5 Å². The lowest BCUT2D eigenvalue weighted by atomic mass is 9.45. The van der Waals surface area contributed by atoms with Crippen LogP contribution in [0.25, 0.3) is 0 Å². The van der Waals surface area contributed by atoms with Crippen LogP contribution in [0, 0.1) is 34.5 Å². The Hall–Kier alpha value is -0.310. The number of fused-ring (bicyclic) bond motifs is 5. The fourth-order valence-corrected chi connectivity index (χ4v) is 7.13. The van der Waals surface area contributed by atoms with Crippen molar-refractivity contribution in [3.63, 3.8) is 0 Å². The van der Waals surface area contributed by atoms with Crippen molar-refractivity contribution in [1.82, 2.24) is 0 Å². The molecule has 0 heterocycles. The summed E-state index contributed by atoms with van der Waals surface area (Å²) < 4.78 is 0. The van der Waals surface area contributed by atoms with Crippen LogP contribution in [0.15, 0.2) is 0 Å². The lowest BCUT2D eigenvalue weighted by Gasteiger charge is -2.59. The van der Waals surface area contributed by atoms with Gasteiger partial charge < -0.3 is 0 Å². The molecule has 0 aromatic heterocycles. The van der Waals surface area contributed by atoms with Crippen molar-refractivity contribution < 1.29 is 9.59 Å². The van der Waals surface area contributed by atoms with Gasteiger partial charge in [0.15, 0.2) is 0 Å². The lowest BCUT2D eigenvalue weighted by Crippen LogP contribution is -2.56. The molecule has 0 radical (unpaired) electrons. The molecule has 0 aromatic rings. The molecule has 0 saturated heterocycles. The Morgan fingerprint density at radius 3 is 2.59 bits per heavy atom. The molecule has 0 aromatic carbocycles. The number of rotatable bonds is 0. The molecule has 22 heavy (non-hydrogen) atoms. The molecule has 4 saturated carbocycles. The summed E-state index contributed by atoms with van der Waals surface area (Å²) in [5, 5.41) is 0.403. The zero-order valence-corrected chi connectivity index (χ0v) is 14.7. The molecule has 7 atom stereocenters. The number of hydrogen-bond donors (Lipinski definition) is 1. The van der Waals surface area contributed by atoms with E-state index in [4.69, 9.17) is 0 Å². The summed E-state index contributed by atoms with van der Waals surface area (Å²) in [6.07, 6.45) is 7.99. The van der Waals surface area contributed by atoms with Crippen LogP contribution in [-0.4, -0.2) is 16.8 Å². The van der Waals surface area contributed by atoms with Crippen LogP contribution in [0.2, 0.25) is 0 Å². The van der Waals surface area contributed by atoms with Gasteiger partial charge in [0.2, 0.25) is 0 Å². The standard InChI is InChI=1S/C19H28O2S/c1-18-7-5-11(22)9-15(18)16(20)10-12-13-3-4-17(21)19(13,2)8-6-14(12)18/h11-15,22H,3-10H2,1-2H3/t11?,12-,13-,14+,15?,18+,19-/m0/s1. The summed E-state index contributed by atoms with van der Waals surface area (Å²) in [4.78, 5) is 25.3. The molecule has 0 aliphatic heterocycles. The average Bonchev–Trinajstić information content (AvgIpc) is 2.77. The molecule has 122 valence electrons. The van der Waals surface area contributed by atoms with E-state index in [-0.39, 0.29) is 16.7 Å². The highest BCUT2D eigenvalue weighted by atomic mass is 32.1. The third kappa shape index (κ3) is 1.87. The van der Waals surface area contributed by atoms with Gasteiger partial charge in [-0.05, 0) is 61.7 Å². The number of Topliss-reactive ketones (excluding diaryl/α,β-unsaturated/α-hetero) is 2. The first-order valence-corrected chi connectivity index (χ1v) is 9.62. The van der Waals surface area contributed by atoms with Crippen molar-refractivity contribution in [2.24, 2.45) is 34.5 Å². The van der Waals surface area contributed by atoms with E-state index >= 15 is 0 Å². The number of carbonyl (C=O) groups excluding carboxylic acids is 2. The molecular weight excluding hydrogens is 292 g/mol. The van der Waals surface area contributed by atoms with Crippen LogP contribution < -0.4 is 0 Å². The first kappa shape index (κ1) is 15.2. The van der Waals surface area contributed by atoms with Crippen molar-refractivity contribution in [3.8, 4) is 0 Å². The molecule has 2 nitrogen and oxygen atoms in total. The highest BCUT2D eigenvalue weighted by Gasteiger charge is 2.61. The van der Waals surface area contributed by atoms with Gasteiger partial charge in [-0.2, -0.15) is 12.6 Å². The van der Waals surface area contributed by atoms with Crippen molar-refractivity contribution >= 4 is 24.2 Å². The van der Waals surface area contributed by atoms with Crippen molar-refractivity contribution in [3.05, 3.63) is 0 Å². The molecule has 4 rings (SSSR count). The SMILES string of the molecule is C[C@]12CCC(S)CC1C(=O)C[C@@H]1[C@H]2CC[C@]2(C)C(=O)CC[C@@H]12. The molecule has 3 heteroatoms. The first-order valence-electron chi connectivity index (χ1n) is 9.10. The highest BCUT2D eigenvalue weighted by Crippen LogP contribution is 2.64. The molecule has 0 spiro atoms. The van der Waals surface area contributed by atoms with E-state index < -0.39 is 0 Å². The van der Waals surface area contributed by atoms with Gasteiger partial charge >= 0.3 is 0 Å². The summed E-state index contributed by atoms with van der Waals surface area (Å²) in [7, 11) is 0. The second-order valence-corrected chi connectivity index (χ2v) is 9.68. The van der Waals surface area contributed by atoms with E-state index in [0.717, 1.165) is 51.4 Å². The van der Waals surface area contributed by atoms with Crippen LogP contribution in [0.4, 0.5) is 0 Å². The molecule has 0 amide bonds. The molecule has 4 aliphatic rings. The van der Waals surface area contributed by atoms with Crippen LogP contribution in [0.5, 0.6) is 0 Å². The third-order valence-electron chi connectivity index (χ3n) is 8.14. The zero-order valence-electron chi connectivity index (χ0n) is 13.8. The quantitative estimate of drug-likeness (QED) is 0.683. The zero-order chi connectivity index (χ0) is 15.7. The van der Waals surface area contributed by atoms with Gasteiger partial charge in [0, 0.05) is 29.4 Å². The fraction of sp³-hybridized carbons (Fsp3) is 0.895. The van der Waals surface area contributed by atoms with Gasteiger partial charge in [0.25, 0.3) is 0 Å². The topological polar surface area (TPSA) is 34.1 Å². The van der Waals surface area contributed by atoms with Crippen molar-refractivity contribution in [2.75, 3.05) is 0 Å². The highest BCUT2D eigenvalue weighted by molar-refractivity contribution is 7.80. The average molecular weight is 320 g/mol. The van der Waals surface area contributed by atoms with Gasteiger partial charge in [-0.3, -0.25) is 9.59 Å². The van der Waals surface area contributed by atoms with E-state index in [9.17, 15) is 9.59 Å². The van der Waals surface area contributed by atoms with E-state index in [1.54, 1.807) is 0 Å². The molecule has 4 aliphatic carbocycles. The summed E-state index contributed by atoms with van der Waals surface area (Å²) in [6.45, 7) is 4.57. The van der Waals surface area contributed by atoms with Crippen LogP contribution in [0.1, 0.15) is 65.2 Å². The Kier molecular flexibility index (Phi) is 3.35. The minimum atomic E-state index is -0.120. The minimum absolute atomic E-state index is 0.120. The Labute approximate surface area is 139 Å². The van der Waals surface area contributed by atoms with Crippen LogP contribution >= 0.6 is 12.6 Å². The molecule has 0 N–H and O–H groups in total. The maximum Gasteiger partial charge on any atom is 0.139 e. The fourth-order valence-electron chi connectivity index (χ4n) is 6.79. The number of hydrogen-bond acceptors (Lipinski definition) is 3. The Bertz CT molecular complexity index is 530. The van der Waals surface area contributed by atoms with Crippen LogP contribution in [-0.2, 0) is 9.59 Å². The summed E-state index contributed by atoms with van der Waals surface area (Å²) in [6, 6.07) is 0. The van der Waals surface area contributed by atoms with Gasteiger partial charge in [0.05, 0.1) is 0 Å². The summed E-state index contributed by atoms with van der Waals surface area (Å²) in [5.41, 5.74) is 0.0532. The molecule has 2 unspecified atom stereocenters. The van der Waals surface area contributed by atoms with E-state index in [0.29, 0.717) is 34.6 Å². The lowest BCUT2D eigenvalue weighted by molar-refractivity contribution is -0.155. The maximum absolute atomic E-state index is 12.9. The Morgan fingerprint density at radius 1 is 1.05 bits per heavy atom. The summed E-state index contributed by atoms with van der Waals surface area (Å²) >= 11 is 4.66. The second kappa shape index (κ2) is 4.84. The molecular formula is C19H28O2S. The third-order valence-corrected chi connectivity index (χ3v) is 8.61. The monoisotopic (exact) mass is 320 g/mol.